The van der Waals surface area contributed by atoms with E-state index in [2.05, 4.69) is 15.3 Å². The molecule has 2 rings (SSSR count). The predicted octanol–water partition coefficient (Wildman–Crippen LogP) is 1.23. The van der Waals surface area contributed by atoms with E-state index in [1.807, 2.05) is 5.38 Å². The van der Waals surface area contributed by atoms with E-state index < -0.39 is 11.9 Å². The predicted molar refractivity (Wildman–Crippen MR) is 62.4 cm³/mol. The van der Waals surface area contributed by atoms with Crippen molar-refractivity contribution >= 4 is 34.6 Å². The quantitative estimate of drug-likeness (QED) is 0.870. The highest BCUT2D eigenvalue weighted by Gasteiger charge is 2.14. The van der Waals surface area contributed by atoms with Crippen LogP contribution in [0.3, 0.4) is 0 Å². The molecular weight excluding hydrogens is 262 g/mol. The molecule has 2 aromatic heterocycles. The third kappa shape index (κ3) is 2.86. The molecule has 0 fully saturated rings. The van der Waals surface area contributed by atoms with Crippen LogP contribution in [-0.2, 0) is 6.54 Å². The van der Waals surface area contributed by atoms with Crippen molar-refractivity contribution in [3.8, 4) is 0 Å². The number of carboxylic acids is 1. The number of rotatable bonds is 4. The van der Waals surface area contributed by atoms with Crippen molar-refractivity contribution in [2.45, 2.75) is 6.54 Å². The van der Waals surface area contributed by atoms with Crippen molar-refractivity contribution in [2.24, 2.45) is 0 Å². The molecule has 0 aliphatic heterocycles. The molecule has 0 spiro atoms. The van der Waals surface area contributed by atoms with Crippen LogP contribution in [0, 0.1) is 0 Å². The molecule has 0 saturated carbocycles. The molecule has 2 aromatic rings. The van der Waals surface area contributed by atoms with E-state index in [9.17, 15) is 9.59 Å². The number of aromatic nitrogens is 2. The van der Waals surface area contributed by atoms with Gasteiger partial charge in [-0.05, 0) is 0 Å². The maximum Gasteiger partial charge on any atom is 0.355 e. The summed E-state index contributed by atoms with van der Waals surface area (Å²) < 4.78 is 0. The Labute approximate surface area is 104 Å². The van der Waals surface area contributed by atoms with E-state index in [0.717, 1.165) is 16.3 Å². The lowest BCUT2D eigenvalue weighted by Gasteiger charge is -1.98. The van der Waals surface area contributed by atoms with Gasteiger partial charge in [-0.1, -0.05) is 0 Å². The van der Waals surface area contributed by atoms with Crippen LogP contribution < -0.4 is 5.32 Å². The SMILES string of the molecule is O=C(O)c1csc(C(=O)NCc2nccs2)n1. The van der Waals surface area contributed by atoms with Gasteiger partial charge in [-0.3, -0.25) is 4.79 Å². The zero-order valence-electron chi connectivity index (χ0n) is 8.41. The number of carbonyl (C=O) groups is 2. The highest BCUT2D eigenvalue weighted by atomic mass is 32.1. The number of nitrogens with zero attached hydrogens (tertiary/aromatic N) is 2. The summed E-state index contributed by atoms with van der Waals surface area (Å²) in [5.74, 6) is -1.53. The monoisotopic (exact) mass is 269 g/mol. The number of hydrogen-bond acceptors (Lipinski definition) is 6. The van der Waals surface area contributed by atoms with Crippen molar-refractivity contribution in [2.75, 3.05) is 0 Å². The van der Waals surface area contributed by atoms with Crippen LogP contribution in [0.4, 0.5) is 0 Å². The van der Waals surface area contributed by atoms with Crippen LogP contribution in [-0.4, -0.2) is 27.0 Å². The number of amides is 1. The van der Waals surface area contributed by atoms with E-state index in [1.165, 1.54) is 16.7 Å². The first-order chi connectivity index (χ1) is 8.16. The van der Waals surface area contributed by atoms with Crippen molar-refractivity contribution in [3.05, 3.63) is 32.7 Å². The third-order valence-corrected chi connectivity index (χ3v) is 3.42. The van der Waals surface area contributed by atoms with Gasteiger partial charge in [0.15, 0.2) is 10.7 Å². The molecule has 8 heteroatoms. The fourth-order valence-corrected chi connectivity index (χ4v) is 2.31. The lowest BCUT2D eigenvalue weighted by molar-refractivity contribution is 0.0691. The zero-order chi connectivity index (χ0) is 12.3. The van der Waals surface area contributed by atoms with Crippen LogP contribution in [0.2, 0.25) is 0 Å². The lowest BCUT2D eigenvalue weighted by atomic mass is 10.5. The molecule has 88 valence electrons. The first-order valence-electron chi connectivity index (χ1n) is 4.52. The van der Waals surface area contributed by atoms with E-state index >= 15 is 0 Å². The Balaban J connectivity index is 1.97. The van der Waals surface area contributed by atoms with Gasteiger partial charge in [0.05, 0.1) is 6.54 Å². The zero-order valence-corrected chi connectivity index (χ0v) is 10.0. The smallest absolute Gasteiger partial charge is 0.355 e. The van der Waals surface area contributed by atoms with Crippen molar-refractivity contribution in [1.29, 1.82) is 0 Å². The average Bonchev–Trinajstić information content (AvgIpc) is 2.96. The molecule has 1 amide bonds. The number of thiazole rings is 2. The normalized spacial score (nSPS) is 10.1. The number of nitrogens with one attached hydrogen (secondary N) is 1. The molecular formula is C9H7N3O3S2. The molecule has 6 nitrogen and oxygen atoms in total. The summed E-state index contributed by atoms with van der Waals surface area (Å²) in [4.78, 5) is 29.9. The van der Waals surface area contributed by atoms with Gasteiger partial charge in [-0.15, -0.1) is 22.7 Å². The van der Waals surface area contributed by atoms with Crippen molar-refractivity contribution < 1.29 is 14.7 Å². The van der Waals surface area contributed by atoms with Gasteiger partial charge in [0, 0.05) is 17.0 Å². The van der Waals surface area contributed by atoms with E-state index in [0.29, 0.717) is 6.54 Å². The average molecular weight is 269 g/mol. The first kappa shape index (κ1) is 11.7. The Morgan fingerprint density at radius 2 is 2.24 bits per heavy atom. The second-order valence-electron chi connectivity index (χ2n) is 2.95. The summed E-state index contributed by atoms with van der Waals surface area (Å²) in [7, 11) is 0. The van der Waals surface area contributed by atoms with Crippen LogP contribution in [0.15, 0.2) is 17.0 Å². The molecule has 0 unspecified atom stereocenters. The summed E-state index contributed by atoms with van der Waals surface area (Å²) >= 11 is 2.44. The van der Waals surface area contributed by atoms with E-state index in [4.69, 9.17) is 5.11 Å². The maximum absolute atomic E-state index is 11.6. The summed E-state index contributed by atoms with van der Waals surface area (Å²) in [5, 5.41) is 15.4. The minimum Gasteiger partial charge on any atom is -0.476 e. The number of hydrogen-bond donors (Lipinski definition) is 2. The molecule has 0 aliphatic carbocycles. The largest absolute Gasteiger partial charge is 0.476 e. The molecule has 0 atom stereocenters. The molecule has 0 aliphatic rings. The number of aromatic carboxylic acids is 1. The second-order valence-corrected chi connectivity index (χ2v) is 4.79. The van der Waals surface area contributed by atoms with Gasteiger partial charge in [-0.2, -0.15) is 0 Å². The second kappa shape index (κ2) is 5.02. The molecule has 2 heterocycles. The van der Waals surface area contributed by atoms with Gasteiger partial charge >= 0.3 is 5.97 Å². The highest BCUT2D eigenvalue weighted by molar-refractivity contribution is 7.12. The molecule has 0 radical (unpaired) electrons. The Kier molecular flexibility index (Phi) is 3.45. The molecule has 0 bridgehead atoms. The molecule has 17 heavy (non-hydrogen) atoms. The van der Waals surface area contributed by atoms with Crippen LogP contribution in [0.1, 0.15) is 25.3 Å². The fraction of sp³-hybridized carbons (Fsp3) is 0.111. The van der Waals surface area contributed by atoms with Gasteiger partial charge in [0.1, 0.15) is 5.01 Å². The highest BCUT2D eigenvalue weighted by Crippen LogP contribution is 2.10. The van der Waals surface area contributed by atoms with Gasteiger partial charge in [0.2, 0.25) is 0 Å². The van der Waals surface area contributed by atoms with Gasteiger partial charge in [0.25, 0.3) is 5.91 Å². The lowest BCUT2D eigenvalue weighted by Crippen LogP contribution is -2.22. The van der Waals surface area contributed by atoms with E-state index in [-0.39, 0.29) is 10.7 Å². The van der Waals surface area contributed by atoms with Gasteiger partial charge < -0.3 is 10.4 Å². The molecule has 0 aromatic carbocycles. The Morgan fingerprint density at radius 1 is 1.41 bits per heavy atom. The maximum atomic E-state index is 11.6. The minimum atomic E-state index is -1.14. The summed E-state index contributed by atoms with van der Waals surface area (Å²) in [6.07, 6.45) is 1.65. The summed E-state index contributed by atoms with van der Waals surface area (Å²) in [6.45, 7) is 0.318. The van der Waals surface area contributed by atoms with Crippen molar-refractivity contribution in [3.63, 3.8) is 0 Å². The Hall–Kier alpha value is -1.80. The van der Waals surface area contributed by atoms with Crippen LogP contribution in [0.5, 0.6) is 0 Å². The number of carboxylic acid groups (broad SMARTS) is 1. The first-order valence-corrected chi connectivity index (χ1v) is 6.28. The minimum absolute atomic E-state index is 0.116. The summed E-state index contributed by atoms with van der Waals surface area (Å²) in [6, 6.07) is 0. The Morgan fingerprint density at radius 3 is 2.82 bits per heavy atom. The molecule has 2 N–H and O–H groups in total. The summed E-state index contributed by atoms with van der Waals surface area (Å²) in [5.41, 5.74) is -0.116. The van der Waals surface area contributed by atoms with Gasteiger partial charge in [-0.25, -0.2) is 14.8 Å². The van der Waals surface area contributed by atoms with Crippen LogP contribution in [0.25, 0.3) is 0 Å². The number of carbonyl (C=O) groups excluding carboxylic acids is 1. The van der Waals surface area contributed by atoms with Crippen LogP contribution >= 0.6 is 22.7 Å². The standard InChI is InChI=1S/C9H7N3O3S2/c13-7(11-3-6-10-1-2-16-6)8-12-5(4-17-8)9(14)15/h1-2,4H,3H2,(H,11,13)(H,14,15). The topological polar surface area (TPSA) is 92.2 Å². The van der Waals surface area contributed by atoms with Crippen molar-refractivity contribution in [1.82, 2.24) is 15.3 Å². The third-order valence-electron chi connectivity index (χ3n) is 1.80. The fourth-order valence-electron chi connectivity index (χ4n) is 1.05. The van der Waals surface area contributed by atoms with E-state index in [1.54, 1.807) is 6.20 Å². The molecule has 0 saturated heterocycles. The Bertz CT molecular complexity index is 535.